The standard InChI is InChI=1S/C22H28F2N8O.C2HF3O2/c1-6-14-9-19(28-21(27-14)22(3,23)24)32-17-10-18(26-13(2)33)25-11-16(17)20(29-32)31-8-7-15(12-31)30(4)5;3-2(4,5)1(6)7/h9-11,15H,6-8,12H2,1-5H3,(H,25,26,33);(H,6,7)/i4D3,5D3;. The lowest BCUT2D eigenvalue weighted by atomic mass is 10.2. The number of likely N-dealkylation sites (N-methyl/N-ethyl adjacent to an activating group) is 1. The van der Waals surface area contributed by atoms with Gasteiger partial charge in [-0.05, 0) is 26.8 Å². The predicted molar refractivity (Wildman–Crippen MR) is 136 cm³/mol. The number of amides is 1. The van der Waals surface area contributed by atoms with Crippen molar-refractivity contribution in [3.05, 3.63) is 29.8 Å². The first-order valence-electron chi connectivity index (χ1n) is 14.7. The molecular formula is C24H29F5N8O3. The average Bonchev–Trinajstić information content (AvgIpc) is 3.50. The maximum atomic E-state index is 14.2. The number of hydrogen-bond donors (Lipinski definition) is 2. The number of carboxylic acid groups (broad SMARTS) is 1. The first kappa shape index (κ1) is 22.8. The van der Waals surface area contributed by atoms with Gasteiger partial charge in [0, 0.05) is 65.2 Å². The van der Waals surface area contributed by atoms with Crippen LogP contribution >= 0.6 is 0 Å². The van der Waals surface area contributed by atoms with Gasteiger partial charge in [-0.25, -0.2) is 24.4 Å². The first-order chi connectivity index (χ1) is 20.9. The number of nitrogens with one attached hydrogen (secondary N) is 1. The largest absolute Gasteiger partial charge is 0.490 e. The van der Waals surface area contributed by atoms with Gasteiger partial charge in [0.15, 0.2) is 11.6 Å². The number of carboxylic acids is 1. The predicted octanol–water partition coefficient (Wildman–Crippen LogP) is 3.62. The molecule has 4 rings (SSSR count). The number of nitrogens with zero attached hydrogens (tertiary/aromatic N) is 7. The van der Waals surface area contributed by atoms with Crippen LogP contribution in [0.25, 0.3) is 16.7 Å². The molecule has 3 aromatic heterocycles. The maximum absolute atomic E-state index is 14.2. The second kappa shape index (κ2) is 11.7. The van der Waals surface area contributed by atoms with Crippen molar-refractivity contribution in [1.82, 2.24) is 29.6 Å². The van der Waals surface area contributed by atoms with Crippen LogP contribution in [-0.2, 0) is 21.9 Å². The molecule has 1 saturated heterocycles. The Morgan fingerprint density at radius 1 is 1.23 bits per heavy atom. The number of carbonyl (C=O) groups is 2. The lowest BCUT2D eigenvalue weighted by Gasteiger charge is -2.20. The fourth-order valence-corrected chi connectivity index (χ4v) is 3.77. The van der Waals surface area contributed by atoms with Gasteiger partial charge in [0.05, 0.1) is 10.9 Å². The van der Waals surface area contributed by atoms with Crippen LogP contribution in [0.3, 0.4) is 0 Å². The van der Waals surface area contributed by atoms with Crippen LogP contribution in [0.4, 0.5) is 33.6 Å². The molecule has 0 aliphatic carbocycles. The molecule has 0 saturated carbocycles. The van der Waals surface area contributed by atoms with Gasteiger partial charge in [-0.15, -0.1) is 5.10 Å². The highest BCUT2D eigenvalue weighted by Crippen LogP contribution is 2.33. The van der Waals surface area contributed by atoms with Gasteiger partial charge in [0.25, 0.3) is 0 Å². The van der Waals surface area contributed by atoms with Crippen molar-refractivity contribution in [2.24, 2.45) is 0 Å². The third-order valence-electron chi connectivity index (χ3n) is 5.66. The fourth-order valence-electron chi connectivity index (χ4n) is 3.77. The molecule has 11 nitrogen and oxygen atoms in total. The van der Waals surface area contributed by atoms with Crippen LogP contribution in [0.1, 0.15) is 46.9 Å². The van der Waals surface area contributed by atoms with Crippen LogP contribution < -0.4 is 10.2 Å². The Morgan fingerprint density at radius 3 is 2.45 bits per heavy atom. The summed E-state index contributed by atoms with van der Waals surface area (Å²) in [5.41, 5.74) is 0.756. The Kier molecular flexibility index (Phi) is 6.65. The van der Waals surface area contributed by atoms with Gasteiger partial charge >= 0.3 is 18.1 Å². The molecule has 0 bridgehead atoms. The molecule has 1 atom stereocenters. The summed E-state index contributed by atoms with van der Waals surface area (Å²) in [4.78, 5) is 35.1. The van der Waals surface area contributed by atoms with E-state index < -0.39 is 43.9 Å². The van der Waals surface area contributed by atoms with E-state index in [1.165, 1.54) is 29.9 Å². The van der Waals surface area contributed by atoms with Crippen LogP contribution in [0.5, 0.6) is 0 Å². The van der Waals surface area contributed by atoms with Crippen molar-refractivity contribution in [1.29, 1.82) is 0 Å². The number of pyridine rings is 1. The zero-order chi connectivity index (χ0) is 35.0. The molecule has 1 amide bonds. The maximum Gasteiger partial charge on any atom is 0.490 e. The van der Waals surface area contributed by atoms with Gasteiger partial charge in [-0.2, -0.15) is 22.0 Å². The van der Waals surface area contributed by atoms with Crippen molar-refractivity contribution in [2.45, 2.75) is 51.8 Å². The summed E-state index contributed by atoms with van der Waals surface area (Å²) in [7, 11) is 0. The van der Waals surface area contributed by atoms with E-state index in [-0.39, 0.29) is 37.1 Å². The number of hydrogen-bond acceptors (Lipinski definition) is 8. The Hall–Kier alpha value is -3.95. The smallest absolute Gasteiger partial charge is 0.475 e. The second-order valence-corrected chi connectivity index (χ2v) is 8.85. The van der Waals surface area contributed by atoms with Crippen LogP contribution in [0, 0.1) is 0 Å². The highest BCUT2D eigenvalue weighted by atomic mass is 19.4. The Balaban J connectivity index is 0.000000738. The van der Waals surface area contributed by atoms with Crippen molar-refractivity contribution in [2.75, 3.05) is 37.3 Å². The normalized spacial score (nSPS) is 18.6. The lowest BCUT2D eigenvalue weighted by molar-refractivity contribution is -0.192. The quantitative estimate of drug-likeness (QED) is 0.422. The summed E-state index contributed by atoms with van der Waals surface area (Å²) in [5, 5.41) is 14.8. The lowest BCUT2D eigenvalue weighted by Crippen LogP contribution is -2.31. The van der Waals surface area contributed by atoms with Crippen molar-refractivity contribution in [3.8, 4) is 5.82 Å². The molecule has 0 aromatic carbocycles. The van der Waals surface area contributed by atoms with Crippen molar-refractivity contribution >= 4 is 34.4 Å². The van der Waals surface area contributed by atoms with Gasteiger partial charge < -0.3 is 20.2 Å². The summed E-state index contributed by atoms with van der Waals surface area (Å²) in [6.07, 6.45) is -3.03. The number of anilines is 2. The molecular weight excluding hydrogens is 543 g/mol. The Labute approximate surface area is 234 Å². The fraction of sp³-hybridized carbons (Fsp3) is 0.500. The van der Waals surface area contributed by atoms with Gasteiger partial charge in [-0.1, -0.05) is 6.92 Å². The van der Waals surface area contributed by atoms with Crippen LogP contribution in [0.15, 0.2) is 18.3 Å². The van der Waals surface area contributed by atoms with E-state index >= 15 is 0 Å². The first-order valence-corrected chi connectivity index (χ1v) is 11.7. The summed E-state index contributed by atoms with van der Waals surface area (Å²) in [5.74, 6) is -6.51. The highest BCUT2D eigenvalue weighted by Gasteiger charge is 2.38. The number of aromatic nitrogens is 5. The Morgan fingerprint density at radius 2 is 1.90 bits per heavy atom. The van der Waals surface area contributed by atoms with E-state index in [0.29, 0.717) is 40.7 Å². The number of rotatable bonds is 6. The molecule has 1 aliphatic rings. The molecule has 0 radical (unpaired) electrons. The summed E-state index contributed by atoms with van der Waals surface area (Å²) in [6.45, 7) is -1.59. The van der Waals surface area contributed by atoms with E-state index in [2.05, 4.69) is 25.4 Å². The molecule has 0 spiro atoms. The van der Waals surface area contributed by atoms with Crippen LogP contribution in [-0.4, -0.2) is 85.9 Å². The molecule has 2 N–H and O–H groups in total. The highest BCUT2D eigenvalue weighted by molar-refractivity contribution is 5.95. The molecule has 4 heterocycles. The van der Waals surface area contributed by atoms with E-state index in [0.717, 1.165) is 0 Å². The number of halogens is 5. The van der Waals surface area contributed by atoms with E-state index in [4.69, 9.17) is 18.1 Å². The number of aryl methyl sites for hydroxylation is 1. The molecule has 40 heavy (non-hydrogen) atoms. The van der Waals surface area contributed by atoms with E-state index in [9.17, 15) is 26.7 Å². The minimum Gasteiger partial charge on any atom is -0.475 e. The number of carbonyl (C=O) groups excluding carboxylic acids is 1. The van der Waals surface area contributed by atoms with Gasteiger partial charge in [0.2, 0.25) is 11.7 Å². The number of aliphatic carboxylic acids is 1. The molecule has 16 heteroatoms. The number of alkyl halides is 5. The van der Waals surface area contributed by atoms with E-state index in [1.54, 1.807) is 11.8 Å². The zero-order valence-corrected chi connectivity index (χ0v) is 21.4. The molecule has 1 fully saturated rings. The third-order valence-corrected chi connectivity index (χ3v) is 5.66. The minimum absolute atomic E-state index is 0.0403. The second-order valence-electron chi connectivity index (χ2n) is 8.85. The number of fused-ring (bicyclic) bond motifs is 1. The minimum atomic E-state index is -5.08. The monoisotopic (exact) mass is 578 g/mol. The SMILES string of the molecule is O=C(O)C(F)(F)F.[2H]C([2H])([2H])N(C1CCN(c2nn(-c3cc(CC)nc(C(C)(F)F)n3)c3cc(NC(C)=O)ncc23)C1)C([2H])([2H])[2H]. The molecule has 218 valence electrons. The third kappa shape index (κ3) is 7.16. The van der Waals surface area contributed by atoms with Gasteiger partial charge in [-0.3, -0.25) is 4.79 Å². The molecule has 3 aromatic rings. The zero-order valence-electron chi connectivity index (χ0n) is 27.4. The molecule has 1 aliphatic heterocycles. The Bertz CT molecular complexity index is 1580. The van der Waals surface area contributed by atoms with E-state index in [1.807, 2.05) is 0 Å². The van der Waals surface area contributed by atoms with Gasteiger partial charge in [0.1, 0.15) is 5.82 Å². The van der Waals surface area contributed by atoms with Crippen molar-refractivity contribution < 1.29 is 44.9 Å². The van der Waals surface area contributed by atoms with Crippen molar-refractivity contribution in [3.63, 3.8) is 0 Å². The molecule has 1 unspecified atom stereocenters. The van der Waals surface area contributed by atoms with Crippen LogP contribution in [0.2, 0.25) is 0 Å². The summed E-state index contributed by atoms with van der Waals surface area (Å²) >= 11 is 0. The summed E-state index contributed by atoms with van der Waals surface area (Å²) in [6, 6.07) is 2.23. The average molecular weight is 579 g/mol. The summed E-state index contributed by atoms with van der Waals surface area (Å²) < 4.78 is 108. The topological polar surface area (TPSA) is 129 Å².